The summed E-state index contributed by atoms with van der Waals surface area (Å²) in [5.74, 6) is -0.0693. The van der Waals surface area contributed by atoms with Gasteiger partial charge in [-0.15, -0.1) is 11.3 Å². The number of thiazole rings is 1. The van der Waals surface area contributed by atoms with E-state index in [0.29, 0.717) is 27.9 Å². The highest BCUT2D eigenvalue weighted by Crippen LogP contribution is 2.32. The van der Waals surface area contributed by atoms with Crippen molar-refractivity contribution in [2.45, 2.75) is 19.8 Å². The lowest BCUT2D eigenvalue weighted by atomic mass is 9.91. The predicted molar refractivity (Wildman–Crippen MR) is 127 cm³/mol. The summed E-state index contributed by atoms with van der Waals surface area (Å²) in [5.41, 5.74) is 2.75. The first-order valence-electron chi connectivity index (χ1n) is 10.1. The third kappa shape index (κ3) is 4.69. The lowest BCUT2D eigenvalue weighted by Crippen LogP contribution is -2.36. The van der Waals surface area contributed by atoms with Gasteiger partial charge in [-0.3, -0.25) is 14.5 Å². The Hall–Kier alpha value is -3.16. The first kappa shape index (κ1) is 22.0. The van der Waals surface area contributed by atoms with Crippen LogP contribution in [0, 0.1) is 12.8 Å². The maximum Gasteiger partial charge on any atom is 0.283 e. The SMILES string of the molecule is Cc1o[nH]c(=O)c1CC(Cc1ccccc1)C(=O)N(C)c1nc(-c2ccccc2Cl)cs1. The van der Waals surface area contributed by atoms with Crippen LogP contribution in [0.25, 0.3) is 11.3 Å². The lowest BCUT2D eigenvalue weighted by Gasteiger charge is -2.22. The fraction of sp³-hybridized carbons (Fsp3) is 0.208. The molecule has 0 bridgehead atoms. The fourth-order valence-electron chi connectivity index (χ4n) is 3.61. The molecule has 0 saturated carbocycles. The molecule has 32 heavy (non-hydrogen) atoms. The Balaban J connectivity index is 1.61. The zero-order valence-electron chi connectivity index (χ0n) is 17.7. The number of amides is 1. The third-order valence-corrected chi connectivity index (χ3v) is 6.63. The predicted octanol–water partition coefficient (Wildman–Crippen LogP) is 5.12. The number of carbonyl (C=O) groups excluding carboxylic acids is 1. The molecule has 4 aromatic rings. The van der Waals surface area contributed by atoms with E-state index in [4.69, 9.17) is 16.1 Å². The van der Waals surface area contributed by atoms with Crippen LogP contribution in [0.5, 0.6) is 0 Å². The van der Waals surface area contributed by atoms with Gasteiger partial charge in [0.1, 0.15) is 5.76 Å². The molecule has 0 saturated heterocycles. The summed E-state index contributed by atoms with van der Waals surface area (Å²) < 4.78 is 5.15. The molecule has 1 amide bonds. The molecule has 164 valence electrons. The first-order chi connectivity index (χ1) is 15.4. The first-order valence-corrected chi connectivity index (χ1v) is 11.4. The number of rotatable bonds is 7. The zero-order valence-corrected chi connectivity index (χ0v) is 19.2. The minimum Gasteiger partial charge on any atom is -0.384 e. The highest BCUT2D eigenvalue weighted by molar-refractivity contribution is 7.14. The number of hydrogen-bond acceptors (Lipinski definition) is 5. The van der Waals surface area contributed by atoms with E-state index in [2.05, 4.69) is 10.1 Å². The molecule has 0 radical (unpaired) electrons. The summed E-state index contributed by atoms with van der Waals surface area (Å²) in [5, 5.41) is 5.42. The summed E-state index contributed by atoms with van der Waals surface area (Å²) >= 11 is 7.68. The van der Waals surface area contributed by atoms with Crippen LogP contribution in [0.2, 0.25) is 5.02 Å². The summed E-state index contributed by atoms with van der Waals surface area (Å²) in [6.45, 7) is 1.72. The number of H-pyrrole nitrogens is 1. The minimum atomic E-state index is -0.451. The van der Waals surface area contributed by atoms with E-state index in [1.807, 2.05) is 60.0 Å². The van der Waals surface area contributed by atoms with Gasteiger partial charge in [-0.25, -0.2) is 4.98 Å². The molecule has 1 N–H and O–H groups in total. The van der Waals surface area contributed by atoms with Gasteiger partial charge < -0.3 is 4.52 Å². The molecular formula is C24H22ClN3O3S. The van der Waals surface area contributed by atoms with Gasteiger partial charge in [0.25, 0.3) is 5.56 Å². The Labute approximate surface area is 194 Å². The molecule has 2 aromatic carbocycles. The highest BCUT2D eigenvalue weighted by atomic mass is 35.5. The van der Waals surface area contributed by atoms with Crippen molar-refractivity contribution in [2.24, 2.45) is 5.92 Å². The Morgan fingerprint density at radius 1 is 1.16 bits per heavy atom. The van der Waals surface area contributed by atoms with E-state index in [0.717, 1.165) is 16.8 Å². The van der Waals surface area contributed by atoms with E-state index < -0.39 is 5.92 Å². The number of halogens is 1. The van der Waals surface area contributed by atoms with Gasteiger partial charge in [-0.1, -0.05) is 60.1 Å². The second kappa shape index (κ2) is 9.54. The molecule has 4 rings (SSSR count). The van der Waals surface area contributed by atoms with Crippen molar-refractivity contribution in [3.63, 3.8) is 0 Å². The second-order valence-corrected chi connectivity index (χ2v) is 8.79. The Morgan fingerprint density at radius 2 is 1.88 bits per heavy atom. The largest absolute Gasteiger partial charge is 0.384 e. The van der Waals surface area contributed by atoms with E-state index in [9.17, 15) is 9.59 Å². The van der Waals surface area contributed by atoms with Gasteiger partial charge in [0.15, 0.2) is 5.13 Å². The van der Waals surface area contributed by atoms with Crippen LogP contribution in [-0.2, 0) is 17.6 Å². The Bertz CT molecular complexity index is 1280. The van der Waals surface area contributed by atoms with E-state index in [1.165, 1.54) is 11.3 Å². The topological polar surface area (TPSA) is 79.2 Å². The van der Waals surface area contributed by atoms with Gasteiger partial charge in [-0.05, 0) is 31.4 Å². The number of nitrogens with zero attached hydrogens (tertiary/aromatic N) is 2. The summed E-state index contributed by atoms with van der Waals surface area (Å²) in [6, 6.07) is 17.2. The second-order valence-electron chi connectivity index (χ2n) is 7.55. The van der Waals surface area contributed by atoms with Crippen LogP contribution in [0.3, 0.4) is 0 Å². The van der Waals surface area contributed by atoms with Crippen LogP contribution in [0.15, 0.2) is 69.3 Å². The van der Waals surface area contributed by atoms with E-state index in [1.54, 1.807) is 18.9 Å². The molecule has 0 aliphatic carbocycles. The standard InChI is InChI=1S/C24H22ClN3O3S/c1-15-19(22(29)27-31-15)13-17(12-16-8-4-3-5-9-16)23(30)28(2)24-26-21(14-32-24)18-10-6-7-11-20(18)25/h3-11,14,17H,12-13H2,1-2H3,(H,27,29). The quantitative estimate of drug-likeness (QED) is 0.409. The number of nitrogens with one attached hydrogen (secondary N) is 1. The van der Waals surface area contributed by atoms with E-state index >= 15 is 0 Å². The number of benzene rings is 2. The number of anilines is 1. The monoisotopic (exact) mass is 467 g/mol. The van der Waals surface area contributed by atoms with Crippen molar-refractivity contribution in [1.29, 1.82) is 0 Å². The maximum absolute atomic E-state index is 13.5. The molecule has 2 heterocycles. The lowest BCUT2D eigenvalue weighted by molar-refractivity contribution is -0.122. The summed E-state index contributed by atoms with van der Waals surface area (Å²) in [4.78, 5) is 31.9. The van der Waals surface area contributed by atoms with Crippen LogP contribution in [0.4, 0.5) is 5.13 Å². The molecule has 8 heteroatoms. The smallest absolute Gasteiger partial charge is 0.283 e. The summed E-state index contributed by atoms with van der Waals surface area (Å²) in [7, 11) is 1.71. The van der Waals surface area contributed by atoms with Gasteiger partial charge in [0.05, 0.1) is 11.3 Å². The van der Waals surface area contributed by atoms with Crippen LogP contribution >= 0.6 is 22.9 Å². The minimum absolute atomic E-state index is 0.117. The number of hydrogen-bond donors (Lipinski definition) is 1. The van der Waals surface area contributed by atoms with Gasteiger partial charge in [0, 0.05) is 28.9 Å². The number of aryl methyl sites for hydroxylation is 1. The normalized spacial score (nSPS) is 12.0. The van der Waals surface area contributed by atoms with Crippen molar-refractivity contribution in [3.05, 3.63) is 92.2 Å². The molecular weight excluding hydrogens is 446 g/mol. The molecule has 1 atom stereocenters. The van der Waals surface area contributed by atoms with Crippen LogP contribution in [-0.4, -0.2) is 23.1 Å². The van der Waals surface area contributed by atoms with Crippen LogP contribution in [0.1, 0.15) is 16.9 Å². The number of aromatic amines is 1. The van der Waals surface area contributed by atoms with Gasteiger partial charge >= 0.3 is 0 Å². The van der Waals surface area contributed by atoms with Crippen molar-refractivity contribution in [1.82, 2.24) is 10.1 Å². The van der Waals surface area contributed by atoms with Crippen molar-refractivity contribution < 1.29 is 9.32 Å². The van der Waals surface area contributed by atoms with Crippen molar-refractivity contribution in [2.75, 3.05) is 11.9 Å². The van der Waals surface area contributed by atoms with E-state index in [-0.39, 0.29) is 17.9 Å². The number of carbonyl (C=O) groups is 1. The summed E-state index contributed by atoms with van der Waals surface area (Å²) in [6.07, 6.45) is 0.773. The van der Waals surface area contributed by atoms with Gasteiger partial charge in [0.2, 0.25) is 5.91 Å². The fourth-order valence-corrected chi connectivity index (χ4v) is 4.64. The van der Waals surface area contributed by atoms with Crippen LogP contribution < -0.4 is 10.5 Å². The number of aromatic nitrogens is 2. The van der Waals surface area contributed by atoms with Crippen molar-refractivity contribution in [3.8, 4) is 11.3 Å². The molecule has 0 aliphatic heterocycles. The third-order valence-electron chi connectivity index (χ3n) is 5.38. The molecule has 1 unspecified atom stereocenters. The highest BCUT2D eigenvalue weighted by Gasteiger charge is 2.28. The Morgan fingerprint density at radius 3 is 2.56 bits per heavy atom. The molecule has 6 nitrogen and oxygen atoms in total. The molecule has 0 fully saturated rings. The molecule has 2 aromatic heterocycles. The molecule has 0 spiro atoms. The average Bonchev–Trinajstić information content (AvgIpc) is 3.41. The average molecular weight is 468 g/mol. The van der Waals surface area contributed by atoms with Gasteiger partial charge in [-0.2, -0.15) is 5.16 Å². The maximum atomic E-state index is 13.5. The molecule has 0 aliphatic rings. The Kier molecular flexibility index (Phi) is 6.58. The zero-order chi connectivity index (χ0) is 22.7. The van der Waals surface area contributed by atoms with Crippen molar-refractivity contribution >= 4 is 34.0 Å².